The number of thioether (sulfide) groups is 1. The number of hydrogen-bond acceptors (Lipinski definition) is 3. The van der Waals surface area contributed by atoms with Crippen molar-refractivity contribution in [3.05, 3.63) is 29.8 Å². The van der Waals surface area contributed by atoms with Crippen LogP contribution in [0.1, 0.15) is 25.8 Å². The SMILES string of the molecule is CCN1C[C@H](C(=O)N(CC)Cc2ccc(SC)cc2)CC1=O. The summed E-state index contributed by atoms with van der Waals surface area (Å²) in [5.74, 6) is 0.0137. The zero-order valence-electron chi connectivity index (χ0n) is 13.5. The summed E-state index contributed by atoms with van der Waals surface area (Å²) in [4.78, 5) is 29.3. The second-order valence-corrected chi connectivity index (χ2v) is 6.41. The van der Waals surface area contributed by atoms with Crippen molar-refractivity contribution in [1.29, 1.82) is 0 Å². The fraction of sp³-hybridized carbons (Fsp3) is 0.529. The van der Waals surface area contributed by atoms with E-state index in [0.717, 1.165) is 5.56 Å². The maximum Gasteiger partial charge on any atom is 0.228 e. The highest BCUT2D eigenvalue weighted by atomic mass is 32.2. The Hall–Kier alpha value is -1.49. The largest absolute Gasteiger partial charge is 0.342 e. The van der Waals surface area contributed by atoms with E-state index in [1.165, 1.54) is 4.90 Å². The van der Waals surface area contributed by atoms with E-state index in [2.05, 4.69) is 24.3 Å². The summed E-state index contributed by atoms with van der Waals surface area (Å²) in [6, 6.07) is 8.30. The predicted molar refractivity (Wildman–Crippen MR) is 89.7 cm³/mol. The average molecular weight is 320 g/mol. The lowest BCUT2D eigenvalue weighted by molar-refractivity contribution is -0.136. The minimum absolute atomic E-state index is 0.0979. The molecular formula is C17H24N2O2S. The Bertz CT molecular complexity index is 530. The minimum atomic E-state index is -0.183. The summed E-state index contributed by atoms with van der Waals surface area (Å²) >= 11 is 1.71. The first-order valence-corrected chi connectivity index (χ1v) is 9.01. The maximum atomic E-state index is 12.7. The number of rotatable bonds is 6. The van der Waals surface area contributed by atoms with Crippen LogP contribution in [0.4, 0.5) is 0 Å². The topological polar surface area (TPSA) is 40.6 Å². The zero-order chi connectivity index (χ0) is 16.1. The molecule has 1 aliphatic rings. The van der Waals surface area contributed by atoms with E-state index in [0.29, 0.717) is 32.6 Å². The Morgan fingerprint density at radius 1 is 1.32 bits per heavy atom. The Labute approximate surface area is 136 Å². The van der Waals surface area contributed by atoms with E-state index >= 15 is 0 Å². The highest BCUT2D eigenvalue weighted by molar-refractivity contribution is 7.98. The lowest BCUT2D eigenvalue weighted by atomic mass is 10.1. The molecule has 5 heteroatoms. The van der Waals surface area contributed by atoms with Gasteiger partial charge in [0.05, 0.1) is 5.92 Å². The molecule has 1 aliphatic heterocycles. The highest BCUT2D eigenvalue weighted by Gasteiger charge is 2.35. The number of benzene rings is 1. The van der Waals surface area contributed by atoms with Crippen molar-refractivity contribution in [2.75, 3.05) is 25.9 Å². The molecule has 1 saturated heterocycles. The van der Waals surface area contributed by atoms with Crippen molar-refractivity contribution in [3.8, 4) is 0 Å². The van der Waals surface area contributed by atoms with Crippen LogP contribution in [0.2, 0.25) is 0 Å². The van der Waals surface area contributed by atoms with Crippen molar-refractivity contribution in [2.45, 2.75) is 31.7 Å². The summed E-state index contributed by atoms with van der Waals surface area (Å²) in [5.41, 5.74) is 1.13. The first-order valence-electron chi connectivity index (χ1n) is 7.78. The Balaban J connectivity index is 2.01. The lowest BCUT2D eigenvalue weighted by Crippen LogP contribution is -2.36. The van der Waals surface area contributed by atoms with Crippen molar-refractivity contribution in [2.24, 2.45) is 5.92 Å². The molecule has 1 fully saturated rings. The van der Waals surface area contributed by atoms with Crippen LogP contribution in [0.15, 0.2) is 29.2 Å². The number of carbonyl (C=O) groups excluding carboxylic acids is 2. The van der Waals surface area contributed by atoms with Crippen LogP contribution in [-0.2, 0) is 16.1 Å². The van der Waals surface area contributed by atoms with Crippen LogP contribution in [0.3, 0.4) is 0 Å². The van der Waals surface area contributed by atoms with Crippen molar-refractivity contribution in [1.82, 2.24) is 9.80 Å². The molecule has 0 bridgehead atoms. The molecule has 0 N–H and O–H groups in total. The van der Waals surface area contributed by atoms with E-state index in [1.807, 2.05) is 25.0 Å². The van der Waals surface area contributed by atoms with Crippen LogP contribution in [-0.4, -0.2) is 47.5 Å². The molecule has 1 atom stereocenters. The third kappa shape index (κ3) is 3.83. The van der Waals surface area contributed by atoms with Crippen molar-refractivity contribution < 1.29 is 9.59 Å². The van der Waals surface area contributed by atoms with Gasteiger partial charge in [-0.05, 0) is 37.8 Å². The van der Waals surface area contributed by atoms with Gasteiger partial charge in [0.2, 0.25) is 11.8 Å². The Kier molecular flexibility index (Phi) is 5.89. The van der Waals surface area contributed by atoms with E-state index in [4.69, 9.17) is 0 Å². The predicted octanol–water partition coefficient (Wildman–Crippen LogP) is 2.63. The third-order valence-corrected chi connectivity index (χ3v) is 4.91. The molecule has 2 rings (SSSR count). The maximum absolute atomic E-state index is 12.7. The van der Waals surface area contributed by atoms with Gasteiger partial charge in [0.15, 0.2) is 0 Å². The van der Waals surface area contributed by atoms with Crippen LogP contribution in [0, 0.1) is 5.92 Å². The molecule has 0 radical (unpaired) electrons. The Morgan fingerprint density at radius 2 is 2.00 bits per heavy atom. The number of amides is 2. The molecule has 1 aromatic rings. The van der Waals surface area contributed by atoms with Crippen LogP contribution < -0.4 is 0 Å². The van der Waals surface area contributed by atoms with Gasteiger partial charge in [-0.2, -0.15) is 0 Å². The van der Waals surface area contributed by atoms with E-state index < -0.39 is 0 Å². The molecular weight excluding hydrogens is 296 g/mol. The van der Waals surface area contributed by atoms with Crippen LogP contribution in [0.5, 0.6) is 0 Å². The number of hydrogen-bond donors (Lipinski definition) is 0. The molecule has 22 heavy (non-hydrogen) atoms. The quantitative estimate of drug-likeness (QED) is 0.757. The monoisotopic (exact) mass is 320 g/mol. The molecule has 0 saturated carbocycles. The number of likely N-dealkylation sites (tertiary alicyclic amines) is 1. The van der Waals surface area contributed by atoms with E-state index in [9.17, 15) is 9.59 Å². The molecule has 1 heterocycles. The fourth-order valence-corrected chi connectivity index (χ4v) is 3.21. The van der Waals surface area contributed by atoms with Gasteiger partial charge in [0.25, 0.3) is 0 Å². The van der Waals surface area contributed by atoms with Crippen molar-refractivity contribution >= 4 is 23.6 Å². The van der Waals surface area contributed by atoms with Gasteiger partial charge in [0.1, 0.15) is 0 Å². The first kappa shape index (κ1) is 16.9. The fourth-order valence-electron chi connectivity index (χ4n) is 2.80. The summed E-state index contributed by atoms with van der Waals surface area (Å²) < 4.78 is 0. The highest BCUT2D eigenvalue weighted by Crippen LogP contribution is 2.21. The van der Waals surface area contributed by atoms with Gasteiger partial charge in [-0.1, -0.05) is 12.1 Å². The molecule has 0 spiro atoms. The third-order valence-electron chi connectivity index (χ3n) is 4.17. The summed E-state index contributed by atoms with van der Waals surface area (Å²) in [6.45, 7) is 6.47. The molecule has 1 aromatic carbocycles. The standard InChI is InChI=1S/C17H24N2O2S/c1-4-18-12-14(10-16(18)20)17(21)19(5-2)11-13-6-8-15(22-3)9-7-13/h6-9,14H,4-5,10-12H2,1-3H3/t14-/m1/s1. The Morgan fingerprint density at radius 3 is 2.50 bits per heavy atom. The number of carbonyl (C=O) groups is 2. The summed E-state index contributed by atoms with van der Waals surface area (Å²) in [6.07, 6.45) is 2.40. The zero-order valence-corrected chi connectivity index (χ0v) is 14.4. The summed E-state index contributed by atoms with van der Waals surface area (Å²) in [7, 11) is 0. The molecule has 0 aliphatic carbocycles. The molecule has 0 unspecified atom stereocenters. The average Bonchev–Trinajstić information content (AvgIpc) is 2.93. The van der Waals surface area contributed by atoms with E-state index in [-0.39, 0.29) is 17.7 Å². The van der Waals surface area contributed by atoms with Crippen LogP contribution >= 0.6 is 11.8 Å². The van der Waals surface area contributed by atoms with Gasteiger partial charge >= 0.3 is 0 Å². The van der Waals surface area contributed by atoms with Gasteiger partial charge in [0, 0.05) is 37.5 Å². The summed E-state index contributed by atoms with van der Waals surface area (Å²) in [5, 5.41) is 0. The molecule has 4 nitrogen and oxygen atoms in total. The lowest BCUT2D eigenvalue weighted by Gasteiger charge is -2.24. The molecule has 120 valence electrons. The van der Waals surface area contributed by atoms with Gasteiger partial charge in [-0.25, -0.2) is 0 Å². The number of nitrogens with zero attached hydrogens (tertiary/aromatic N) is 2. The second kappa shape index (κ2) is 7.68. The van der Waals surface area contributed by atoms with Gasteiger partial charge in [-0.3, -0.25) is 9.59 Å². The molecule has 2 amide bonds. The minimum Gasteiger partial charge on any atom is -0.342 e. The van der Waals surface area contributed by atoms with E-state index in [1.54, 1.807) is 16.7 Å². The van der Waals surface area contributed by atoms with Crippen LogP contribution in [0.25, 0.3) is 0 Å². The first-order chi connectivity index (χ1) is 10.6. The van der Waals surface area contributed by atoms with Crippen molar-refractivity contribution in [3.63, 3.8) is 0 Å². The smallest absolute Gasteiger partial charge is 0.228 e. The second-order valence-electron chi connectivity index (χ2n) is 5.53. The molecule has 0 aromatic heterocycles. The van der Waals surface area contributed by atoms with Gasteiger partial charge < -0.3 is 9.80 Å². The normalized spacial score (nSPS) is 17.9. The van der Waals surface area contributed by atoms with Gasteiger partial charge in [-0.15, -0.1) is 11.8 Å².